The van der Waals surface area contributed by atoms with Gasteiger partial charge in [-0.05, 0) is 36.8 Å². The molecule has 28 heavy (non-hydrogen) atoms. The molecule has 0 saturated heterocycles. The third kappa shape index (κ3) is 8.01. The molecule has 2 N–H and O–H groups in total. The van der Waals surface area contributed by atoms with Crippen molar-refractivity contribution in [1.29, 1.82) is 0 Å². The van der Waals surface area contributed by atoms with Crippen molar-refractivity contribution in [2.24, 2.45) is 4.99 Å². The van der Waals surface area contributed by atoms with Gasteiger partial charge >= 0.3 is 6.61 Å². The maximum atomic E-state index is 12.6. The smallest absolute Gasteiger partial charge is 0.387 e. The zero-order chi connectivity index (χ0) is 19.6. The molecule has 0 atom stereocenters. The summed E-state index contributed by atoms with van der Waals surface area (Å²) in [6.07, 6.45) is 1.64. The van der Waals surface area contributed by atoms with Crippen molar-refractivity contribution in [3.8, 4) is 11.6 Å². The Labute approximate surface area is 184 Å². The summed E-state index contributed by atoms with van der Waals surface area (Å²) in [6, 6.07) is 8.11. The molecule has 0 spiro atoms. The fraction of sp³-hybridized carbons (Fsp3) is 0.333. The number of guanidine groups is 1. The van der Waals surface area contributed by atoms with Crippen LogP contribution in [0.2, 0.25) is 5.02 Å². The Morgan fingerprint density at radius 2 is 2.04 bits per heavy atom. The van der Waals surface area contributed by atoms with Crippen LogP contribution in [-0.2, 0) is 13.1 Å². The van der Waals surface area contributed by atoms with E-state index in [-0.39, 0.29) is 36.3 Å². The Bertz CT molecular complexity index is 781. The second-order valence-electron chi connectivity index (χ2n) is 5.39. The van der Waals surface area contributed by atoms with Gasteiger partial charge in [0.05, 0.1) is 13.7 Å². The third-order valence-electron chi connectivity index (χ3n) is 3.46. The normalized spacial score (nSPS) is 11.0. The standard InChI is InChI=1S/C18H21ClF2N4O2.HI/c1-3-22-18(24-10-12-6-7-23-16(8-12)26-2)25-11-13-9-14(19)4-5-15(13)27-17(20)21;/h4-9,17H,3,10-11H2,1-2H3,(H2,22,24,25);1H. The minimum absolute atomic E-state index is 0. The first kappa shape index (κ1) is 24.2. The van der Waals surface area contributed by atoms with Gasteiger partial charge in [-0.3, -0.25) is 0 Å². The first-order valence-corrected chi connectivity index (χ1v) is 8.64. The Morgan fingerprint density at radius 3 is 2.71 bits per heavy atom. The van der Waals surface area contributed by atoms with Crippen LogP contribution in [0.5, 0.6) is 11.6 Å². The predicted octanol–water partition coefficient (Wildman–Crippen LogP) is 4.22. The van der Waals surface area contributed by atoms with Crippen LogP contribution in [0.3, 0.4) is 0 Å². The van der Waals surface area contributed by atoms with Crippen LogP contribution in [0.15, 0.2) is 41.5 Å². The topological polar surface area (TPSA) is 67.8 Å². The van der Waals surface area contributed by atoms with Gasteiger partial charge in [0, 0.05) is 35.9 Å². The lowest BCUT2D eigenvalue weighted by Crippen LogP contribution is -2.36. The molecule has 0 aliphatic heterocycles. The summed E-state index contributed by atoms with van der Waals surface area (Å²) in [4.78, 5) is 8.53. The maximum Gasteiger partial charge on any atom is 0.387 e. The summed E-state index contributed by atoms with van der Waals surface area (Å²) in [5.41, 5.74) is 1.42. The van der Waals surface area contributed by atoms with Gasteiger partial charge in [-0.25, -0.2) is 9.98 Å². The number of nitrogens with one attached hydrogen (secondary N) is 2. The van der Waals surface area contributed by atoms with E-state index in [4.69, 9.17) is 16.3 Å². The quantitative estimate of drug-likeness (QED) is 0.306. The van der Waals surface area contributed by atoms with Crippen LogP contribution in [0.1, 0.15) is 18.1 Å². The van der Waals surface area contributed by atoms with Crippen molar-refractivity contribution >= 4 is 41.5 Å². The van der Waals surface area contributed by atoms with E-state index in [1.54, 1.807) is 25.4 Å². The van der Waals surface area contributed by atoms with E-state index >= 15 is 0 Å². The molecule has 154 valence electrons. The molecule has 6 nitrogen and oxygen atoms in total. The number of rotatable bonds is 8. The van der Waals surface area contributed by atoms with Crippen molar-refractivity contribution in [2.45, 2.75) is 26.6 Å². The van der Waals surface area contributed by atoms with E-state index in [9.17, 15) is 8.78 Å². The van der Waals surface area contributed by atoms with Gasteiger partial charge in [-0.15, -0.1) is 24.0 Å². The number of methoxy groups -OCH3 is 1. The van der Waals surface area contributed by atoms with Gasteiger partial charge in [-0.2, -0.15) is 8.78 Å². The number of hydrogen-bond acceptors (Lipinski definition) is 4. The summed E-state index contributed by atoms with van der Waals surface area (Å²) in [6.45, 7) is 0.269. The fourth-order valence-electron chi connectivity index (χ4n) is 2.25. The highest BCUT2D eigenvalue weighted by atomic mass is 127. The molecular formula is C18H22ClF2IN4O2. The minimum Gasteiger partial charge on any atom is -0.481 e. The zero-order valence-electron chi connectivity index (χ0n) is 15.4. The number of ether oxygens (including phenoxy) is 2. The van der Waals surface area contributed by atoms with Gasteiger partial charge < -0.3 is 20.1 Å². The number of aliphatic imine (C=N–C) groups is 1. The minimum atomic E-state index is -2.91. The number of pyridine rings is 1. The molecule has 1 aromatic heterocycles. The highest BCUT2D eigenvalue weighted by Gasteiger charge is 2.11. The van der Waals surface area contributed by atoms with Crippen LogP contribution in [0.25, 0.3) is 0 Å². The molecule has 0 fully saturated rings. The zero-order valence-corrected chi connectivity index (χ0v) is 18.5. The number of benzene rings is 1. The van der Waals surface area contributed by atoms with Crippen LogP contribution in [-0.4, -0.2) is 31.2 Å². The summed E-state index contributed by atoms with van der Waals surface area (Å²) >= 11 is 5.97. The second-order valence-corrected chi connectivity index (χ2v) is 5.82. The first-order chi connectivity index (χ1) is 13.0. The van der Waals surface area contributed by atoms with Gasteiger partial charge in [0.1, 0.15) is 5.75 Å². The molecule has 0 radical (unpaired) electrons. The Hall–Kier alpha value is -1.88. The molecule has 1 heterocycles. The predicted molar refractivity (Wildman–Crippen MR) is 116 cm³/mol. The molecule has 0 unspecified atom stereocenters. The van der Waals surface area contributed by atoms with E-state index in [2.05, 4.69) is 25.3 Å². The molecule has 10 heteroatoms. The monoisotopic (exact) mass is 526 g/mol. The highest BCUT2D eigenvalue weighted by Crippen LogP contribution is 2.24. The number of alkyl halides is 2. The SMILES string of the molecule is CCNC(=NCc1ccnc(OC)c1)NCc1cc(Cl)ccc1OC(F)F.I. The summed E-state index contributed by atoms with van der Waals surface area (Å²) < 4.78 is 34.8. The number of aromatic nitrogens is 1. The Morgan fingerprint density at radius 1 is 1.25 bits per heavy atom. The van der Waals surface area contributed by atoms with Crippen molar-refractivity contribution in [1.82, 2.24) is 15.6 Å². The lowest BCUT2D eigenvalue weighted by Gasteiger charge is -2.14. The molecular weight excluding hydrogens is 505 g/mol. The van der Waals surface area contributed by atoms with Crippen LogP contribution in [0, 0.1) is 0 Å². The Kier molecular flexibility index (Phi) is 10.8. The van der Waals surface area contributed by atoms with E-state index in [1.807, 2.05) is 13.0 Å². The fourth-order valence-corrected chi connectivity index (χ4v) is 2.44. The maximum absolute atomic E-state index is 12.6. The van der Waals surface area contributed by atoms with Crippen molar-refractivity contribution in [3.05, 3.63) is 52.7 Å². The summed E-state index contributed by atoms with van der Waals surface area (Å²) in [5.74, 6) is 1.10. The van der Waals surface area contributed by atoms with Crippen LogP contribution < -0.4 is 20.1 Å². The molecule has 0 saturated carbocycles. The van der Waals surface area contributed by atoms with Gasteiger partial charge in [0.2, 0.25) is 5.88 Å². The molecule has 0 bridgehead atoms. The largest absolute Gasteiger partial charge is 0.481 e. The lowest BCUT2D eigenvalue weighted by molar-refractivity contribution is -0.0504. The van der Waals surface area contributed by atoms with E-state index < -0.39 is 6.61 Å². The molecule has 1 aromatic carbocycles. The number of halogens is 4. The van der Waals surface area contributed by atoms with Gasteiger partial charge in [0.15, 0.2) is 5.96 Å². The van der Waals surface area contributed by atoms with Crippen molar-refractivity contribution < 1.29 is 18.3 Å². The van der Waals surface area contributed by atoms with Gasteiger partial charge in [-0.1, -0.05) is 11.6 Å². The van der Waals surface area contributed by atoms with Crippen LogP contribution in [0.4, 0.5) is 8.78 Å². The Balaban J connectivity index is 0.00000392. The van der Waals surface area contributed by atoms with Crippen LogP contribution >= 0.6 is 35.6 Å². The van der Waals surface area contributed by atoms with Crippen molar-refractivity contribution in [3.63, 3.8) is 0 Å². The first-order valence-electron chi connectivity index (χ1n) is 8.26. The average Bonchev–Trinajstić information content (AvgIpc) is 2.65. The third-order valence-corrected chi connectivity index (χ3v) is 3.69. The second kappa shape index (κ2) is 12.6. The highest BCUT2D eigenvalue weighted by molar-refractivity contribution is 14.0. The van der Waals surface area contributed by atoms with E-state index in [0.29, 0.717) is 35.5 Å². The average molecular weight is 527 g/mol. The van der Waals surface area contributed by atoms with Gasteiger partial charge in [0.25, 0.3) is 0 Å². The van der Waals surface area contributed by atoms with E-state index in [0.717, 1.165) is 5.56 Å². The number of hydrogen-bond donors (Lipinski definition) is 2. The molecule has 2 rings (SSSR count). The molecule has 2 aromatic rings. The summed E-state index contributed by atoms with van der Waals surface area (Å²) in [5, 5.41) is 6.61. The molecule has 0 amide bonds. The molecule has 0 aliphatic carbocycles. The number of nitrogens with zero attached hydrogens (tertiary/aromatic N) is 2. The van der Waals surface area contributed by atoms with E-state index in [1.165, 1.54) is 12.1 Å². The summed E-state index contributed by atoms with van der Waals surface area (Å²) in [7, 11) is 1.55. The lowest BCUT2D eigenvalue weighted by atomic mass is 10.2. The molecule has 0 aliphatic rings. The van der Waals surface area contributed by atoms with Crippen molar-refractivity contribution in [2.75, 3.05) is 13.7 Å².